The van der Waals surface area contributed by atoms with Gasteiger partial charge in [-0.05, 0) is 86.3 Å². The van der Waals surface area contributed by atoms with Crippen LogP contribution >= 0.6 is 11.8 Å². The van der Waals surface area contributed by atoms with Crippen LogP contribution in [0.4, 0.5) is 5.69 Å². The summed E-state index contributed by atoms with van der Waals surface area (Å²) in [4.78, 5) is 14.4. The molecule has 2 heterocycles. The van der Waals surface area contributed by atoms with Crippen molar-refractivity contribution in [1.29, 1.82) is 0 Å². The Morgan fingerprint density at radius 2 is 1.81 bits per heavy atom. The maximum atomic E-state index is 11.9. The lowest BCUT2D eigenvalue weighted by atomic mass is 9.83. The fourth-order valence-electron chi connectivity index (χ4n) is 5.36. The molecule has 8 heteroatoms. The van der Waals surface area contributed by atoms with Crippen LogP contribution in [0.5, 0.6) is 5.75 Å². The first kappa shape index (κ1) is 24.7. The molecule has 7 nitrogen and oxygen atoms in total. The van der Waals surface area contributed by atoms with Gasteiger partial charge >= 0.3 is 5.97 Å². The zero-order valence-corrected chi connectivity index (χ0v) is 21.6. The van der Waals surface area contributed by atoms with Crippen LogP contribution in [0.1, 0.15) is 72.5 Å². The number of aromatic nitrogens is 3. The minimum absolute atomic E-state index is 0.0462. The molecule has 1 N–H and O–H groups in total. The molecule has 190 valence electrons. The Kier molecular flexibility index (Phi) is 7.80. The molecule has 0 radical (unpaired) electrons. The van der Waals surface area contributed by atoms with Crippen LogP contribution in [0.3, 0.4) is 0 Å². The molecule has 1 aliphatic carbocycles. The van der Waals surface area contributed by atoms with Gasteiger partial charge in [0, 0.05) is 24.0 Å². The van der Waals surface area contributed by atoms with Gasteiger partial charge in [-0.15, -0.1) is 16.9 Å². The molecule has 0 amide bonds. The number of aromatic carboxylic acids is 1. The Morgan fingerprint density at radius 1 is 1.06 bits per heavy atom. The summed E-state index contributed by atoms with van der Waals surface area (Å²) in [6.45, 7) is 2.80. The maximum absolute atomic E-state index is 11.9. The summed E-state index contributed by atoms with van der Waals surface area (Å²) in [6, 6.07) is 16.9. The van der Waals surface area contributed by atoms with E-state index in [1.165, 1.54) is 30.5 Å². The lowest BCUT2D eigenvalue weighted by Gasteiger charge is -2.31. The van der Waals surface area contributed by atoms with Crippen molar-refractivity contribution < 1.29 is 14.6 Å². The van der Waals surface area contributed by atoms with Gasteiger partial charge in [-0.1, -0.05) is 29.5 Å². The molecule has 0 atom stereocenters. The topological polar surface area (TPSA) is 80.5 Å². The number of rotatable bonds is 8. The van der Waals surface area contributed by atoms with Crippen LogP contribution in [0.2, 0.25) is 0 Å². The molecule has 1 aliphatic heterocycles. The van der Waals surface area contributed by atoms with Crippen molar-refractivity contribution in [2.75, 3.05) is 25.1 Å². The smallest absolute Gasteiger partial charge is 0.359 e. The van der Waals surface area contributed by atoms with Crippen molar-refractivity contribution >= 4 is 23.4 Å². The molecule has 2 aromatic carbocycles. The number of piperidine rings is 1. The number of hydrogen-bond donors (Lipinski definition) is 1. The van der Waals surface area contributed by atoms with E-state index in [2.05, 4.69) is 39.5 Å². The Balaban J connectivity index is 1.24. The summed E-state index contributed by atoms with van der Waals surface area (Å²) in [7, 11) is 1.64. The molecule has 5 rings (SSSR count). The average molecular weight is 507 g/mol. The monoisotopic (exact) mass is 506 g/mol. The third-order valence-corrected chi connectivity index (χ3v) is 8.83. The molecule has 1 saturated heterocycles. The number of ether oxygens (including phenoxy) is 1. The van der Waals surface area contributed by atoms with Crippen LogP contribution in [0.15, 0.2) is 53.6 Å². The van der Waals surface area contributed by atoms with Gasteiger partial charge in [0.05, 0.1) is 13.7 Å². The van der Waals surface area contributed by atoms with Crippen molar-refractivity contribution in [1.82, 2.24) is 15.0 Å². The molecule has 0 unspecified atom stereocenters. The summed E-state index contributed by atoms with van der Waals surface area (Å²) in [6.07, 6.45) is 8.25. The van der Waals surface area contributed by atoms with Gasteiger partial charge in [0.15, 0.2) is 0 Å². The average Bonchev–Trinajstić information content (AvgIpc) is 3.32. The zero-order valence-electron chi connectivity index (χ0n) is 20.8. The van der Waals surface area contributed by atoms with Crippen molar-refractivity contribution in [2.24, 2.45) is 0 Å². The normalized spacial score (nSPS) is 20.3. The molecule has 2 aliphatic rings. The highest BCUT2D eigenvalue weighted by Gasteiger charge is 2.28. The fourth-order valence-corrected chi connectivity index (χ4v) is 6.65. The molecule has 36 heavy (non-hydrogen) atoms. The standard InChI is InChI=1S/C28H34N4O3S/c1-35-24-12-8-20(9-13-24)19-32-27(26(28(33)34)29-30-32)36-25-14-10-21(11-15-25)22-6-5-7-23(18-22)31-16-3-2-4-17-31/h5-9,12-13,18,21,25H,2-4,10-11,14-17,19H2,1H3,(H,33,34). The predicted molar refractivity (Wildman–Crippen MR) is 142 cm³/mol. The Morgan fingerprint density at radius 3 is 2.50 bits per heavy atom. The van der Waals surface area contributed by atoms with Gasteiger partial charge in [-0.25, -0.2) is 9.48 Å². The SMILES string of the molecule is COc1ccc(Cn2nnc(C(=O)O)c2SC2CCC(c3cccc(N4CCCCC4)c3)CC2)cc1. The van der Waals surface area contributed by atoms with E-state index in [-0.39, 0.29) is 5.69 Å². The van der Waals surface area contributed by atoms with Gasteiger partial charge in [-0.3, -0.25) is 0 Å². The second-order valence-corrected chi connectivity index (χ2v) is 11.1. The second-order valence-electron chi connectivity index (χ2n) is 9.79. The number of anilines is 1. The summed E-state index contributed by atoms with van der Waals surface area (Å²) in [5.41, 5.74) is 3.88. The first-order valence-electron chi connectivity index (χ1n) is 12.9. The molecular formula is C28H34N4O3S. The number of benzene rings is 2. The molecular weight excluding hydrogens is 472 g/mol. The number of nitrogens with zero attached hydrogens (tertiary/aromatic N) is 4. The van der Waals surface area contributed by atoms with Gasteiger partial charge in [0.2, 0.25) is 5.69 Å². The number of thioether (sulfide) groups is 1. The van der Waals surface area contributed by atoms with E-state index < -0.39 is 5.97 Å². The number of methoxy groups -OCH3 is 1. The highest BCUT2D eigenvalue weighted by Crippen LogP contribution is 2.41. The van der Waals surface area contributed by atoms with Gasteiger partial charge in [0.1, 0.15) is 10.8 Å². The van der Waals surface area contributed by atoms with Crippen molar-refractivity contribution in [2.45, 2.75) is 67.7 Å². The van der Waals surface area contributed by atoms with E-state index in [4.69, 9.17) is 4.74 Å². The number of carboxylic acid groups (broad SMARTS) is 1. The zero-order chi connectivity index (χ0) is 24.9. The van der Waals surface area contributed by atoms with Crippen molar-refractivity contribution in [3.8, 4) is 5.75 Å². The van der Waals surface area contributed by atoms with Gasteiger partial charge < -0.3 is 14.7 Å². The van der Waals surface area contributed by atoms with Crippen LogP contribution in [0, 0.1) is 0 Å². The Bertz CT molecular complexity index is 1170. The lowest BCUT2D eigenvalue weighted by Crippen LogP contribution is -2.29. The number of carboxylic acids is 1. The van der Waals surface area contributed by atoms with Crippen molar-refractivity contribution in [3.63, 3.8) is 0 Å². The predicted octanol–water partition coefficient (Wildman–Crippen LogP) is 5.84. The van der Waals surface area contributed by atoms with Crippen molar-refractivity contribution in [3.05, 3.63) is 65.4 Å². The second kappa shape index (κ2) is 11.4. The summed E-state index contributed by atoms with van der Waals surface area (Å²) in [5.74, 6) is 0.325. The molecule has 1 saturated carbocycles. The van der Waals surface area contributed by atoms with Crippen LogP contribution < -0.4 is 9.64 Å². The Hall–Kier alpha value is -3.00. The first-order valence-corrected chi connectivity index (χ1v) is 13.8. The number of hydrogen-bond acceptors (Lipinski definition) is 6. The lowest BCUT2D eigenvalue weighted by molar-refractivity contribution is 0.0686. The van der Waals surface area contributed by atoms with E-state index in [0.29, 0.717) is 22.7 Å². The van der Waals surface area contributed by atoms with Crippen LogP contribution in [-0.4, -0.2) is 51.5 Å². The summed E-state index contributed by atoms with van der Waals surface area (Å²) >= 11 is 1.63. The maximum Gasteiger partial charge on any atom is 0.359 e. The minimum Gasteiger partial charge on any atom is -0.497 e. The largest absolute Gasteiger partial charge is 0.497 e. The summed E-state index contributed by atoms with van der Waals surface area (Å²) < 4.78 is 6.96. The third-order valence-electron chi connectivity index (χ3n) is 7.40. The quantitative estimate of drug-likeness (QED) is 0.411. The molecule has 2 fully saturated rings. The summed E-state index contributed by atoms with van der Waals surface area (Å²) in [5, 5.41) is 18.9. The van der Waals surface area contributed by atoms with E-state index in [1.54, 1.807) is 23.6 Å². The molecule has 0 spiro atoms. The fraction of sp³-hybridized carbons (Fsp3) is 0.464. The van der Waals surface area contributed by atoms with Crippen LogP contribution in [0.25, 0.3) is 0 Å². The van der Waals surface area contributed by atoms with Gasteiger partial charge in [0.25, 0.3) is 0 Å². The van der Waals surface area contributed by atoms with E-state index in [9.17, 15) is 9.90 Å². The highest BCUT2D eigenvalue weighted by molar-refractivity contribution is 7.99. The van der Waals surface area contributed by atoms with E-state index >= 15 is 0 Å². The molecule has 0 bridgehead atoms. The Labute approximate surface area is 216 Å². The van der Waals surface area contributed by atoms with Gasteiger partial charge in [-0.2, -0.15) is 0 Å². The first-order chi connectivity index (χ1) is 17.6. The van der Waals surface area contributed by atoms with E-state index in [1.807, 2.05) is 24.3 Å². The highest BCUT2D eigenvalue weighted by atomic mass is 32.2. The molecule has 3 aromatic rings. The van der Waals surface area contributed by atoms with E-state index in [0.717, 1.165) is 50.1 Å². The number of carbonyl (C=O) groups is 1. The minimum atomic E-state index is -1.03. The van der Waals surface area contributed by atoms with Crippen LogP contribution in [-0.2, 0) is 6.54 Å². The molecule has 1 aromatic heterocycles. The third kappa shape index (κ3) is 5.69.